The first-order chi connectivity index (χ1) is 11.1. The Bertz CT molecular complexity index is 682. The van der Waals surface area contributed by atoms with Gasteiger partial charge in [0.15, 0.2) is 5.96 Å². The standard InChI is InChI=1S/C19H23N3O/c1-19(11-14-5-3-4-6-15(14)12-19)13-21-18(20)22-16-7-9-17(23-2)10-8-16/h3-10H,11-13H2,1-2H3,(H3,20,21,22). The summed E-state index contributed by atoms with van der Waals surface area (Å²) in [6, 6.07) is 16.3. The predicted octanol–water partition coefficient (Wildman–Crippen LogP) is 3.23. The Hall–Kier alpha value is -2.49. The summed E-state index contributed by atoms with van der Waals surface area (Å²) in [7, 11) is 1.65. The third kappa shape index (κ3) is 3.65. The van der Waals surface area contributed by atoms with Gasteiger partial charge >= 0.3 is 0 Å². The van der Waals surface area contributed by atoms with Crippen LogP contribution >= 0.6 is 0 Å². The number of hydrogen-bond acceptors (Lipinski definition) is 2. The number of anilines is 1. The minimum Gasteiger partial charge on any atom is -0.497 e. The fraction of sp³-hybridized carbons (Fsp3) is 0.316. The Morgan fingerprint density at radius 3 is 2.30 bits per heavy atom. The van der Waals surface area contributed by atoms with Gasteiger partial charge in [-0.3, -0.25) is 4.99 Å². The maximum Gasteiger partial charge on any atom is 0.193 e. The number of rotatable bonds is 4. The molecule has 0 saturated heterocycles. The quantitative estimate of drug-likeness (QED) is 0.673. The van der Waals surface area contributed by atoms with E-state index < -0.39 is 0 Å². The highest BCUT2D eigenvalue weighted by molar-refractivity contribution is 5.92. The fourth-order valence-corrected chi connectivity index (χ4v) is 3.13. The van der Waals surface area contributed by atoms with Gasteiger partial charge < -0.3 is 15.8 Å². The van der Waals surface area contributed by atoms with Gasteiger partial charge in [0.2, 0.25) is 0 Å². The van der Waals surface area contributed by atoms with Crippen LogP contribution in [0.2, 0.25) is 0 Å². The number of benzene rings is 2. The number of methoxy groups -OCH3 is 1. The zero-order valence-electron chi connectivity index (χ0n) is 13.7. The third-order valence-corrected chi connectivity index (χ3v) is 4.35. The lowest BCUT2D eigenvalue weighted by Crippen LogP contribution is -2.27. The lowest BCUT2D eigenvalue weighted by atomic mass is 9.87. The fourth-order valence-electron chi connectivity index (χ4n) is 3.13. The van der Waals surface area contributed by atoms with Crippen LogP contribution in [-0.4, -0.2) is 19.6 Å². The van der Waals surface area contributed by atoms with Gasteiger partial charge in [-0.25, -0.2) is 0 Å². The van der Waals surface area contributed by atoms with Crippen LogP contribution in [0, 0.1) is 5.41 Å². The minimum absolute atomic E-state index is 0.149. The molecule has 0 atom stereocenters. The summed E-state index contributed by atoms with van der Waals surface area (Å²) in [6.07, 6.45) is 2.12. The van der Waals surface area contributed by atoms with Crippen molar-refractivity contribution in [1.29, 1.82) is 0 Å². The number of aliphatic imine (C=N–C) groups is 1. The van der Waals surface area contributed by atoms with Crippen LogP contribution in [-0.2, 0) is 12.8 Å². The van der Waals surface area contributed by atoms with Crippen molar-refractivity contribution in [3.8, 4) is 5.75 Å². The molecule has 0 spiro atoms. The maximum atomic E-state index is 6.03. The molecule has 1 aliphatic carbocycles. The molecule has 0 amide bonds. The highest BCUT2D eigenvalue weighted by Gasteiger charge is 2.32. The second-order valence-electron chi connectivity index (χ2n) is 6.49. The lowest BCUT2D eigenvalue weighted by molar-refractivity contribution is 0.360. The van der Waals surface area contributed by atoms with Crippen molar-refractivity contribution in [2.24, 2.45) is 16.1 Å². The van der Waals surface area contributed by atoms with Gasteiger partial charge in [0.25, 0.3) is 0 Å². The lowest BCUT2D eigenvalue weighted by Gasteiger charge is -2.21. The molecular weight excluding hydrogens is 286 g/mol. The number of guanidine groups is 1. The van der Waals surface area contributed by atoms with E-state index in [-0.39, 0.29) is 5.41 Å². The van der Waals surface area contributed by atoms with Crippen LogP contribution < -0.4 is 15.8 Å². The van der Waals surface area contributed by atoms with Crippen molar-refractivity contribution < 1.29 is 4.74 Å². The first-order valence-electron chi connectivity index (χ1n) is 7.86. The summed E-state index contributed by atoms with van der Waals surface area (Å²) in [5.74, 6) is 1.27. The number of nitrogens with two attached hydrogens (primary N) is 1. The zero-order chi connectivity index (χ0) is 16.3. The summed E-state index contributed by atoms with van der Waals surface area (Å²) in [4.78, 5) is 4.55. The monoisotopic (exact) mass is 309 g/mol. The van der Waals surface area contributed by atoms with Crippen molar-refractivity contribution in [2.45, 2.75) is 19.8 Å². The molecule has 2 aromatic rings. The highest BCUT2D eigenvalue weighted by atomic mass is 16.5. The predicted molar refractivity (Wildman–Crippen MR) is 95.1 cm³/mol. The zero-order valence-corrected chi connectivity index (χ0v) is 13.7. The number of hydrogen-bond donors (Lipinski definition) is 2. The molecule has 1 aliphatic rings. The SMILES string of the molecule is COc1ccc(NC(N)=NCC2(C)Cc3ccccc3C2)cc1. The van der Waals surface area contributed by atoms with E-state index in [1.807, 2.05) is 24.3 Å². The van der Waals surface area contributed by atoms with Crippen molar-refractivity contribution in [3.63, 3.8) is 0 Å². The summed E-state index contributed by atoms with van der Waals surface area (Å²) in [5, 5.41) is 3.13. The molecule has 0 aromatic heterocycles. The first-order valence-corrected chi connectivity index (χ1v) is 7.86. The maximum absolute atomic E-state index is 6.03. The van der Waals surface area contributed by atoms with Gasteiger partial charge in [0.05, 0.1) is 7.11 Å². The van der Waals surface area contributed by atoms with E-state index in [0.717, 1.165) is 30.8 Å². The summed E-state index contributed by atoms with van der Waals surface area (Å²) in [5.41, 5.74) is 9.96. The molecule has 0 fully saturated rings. The molecule has 3 rings (SSSR count). The molecule has 120 valence electrons. The van der Waals surface area contributed by atoms with Gasteiger partial charge in [-0.15, -0.1) is 0 Å². The second-order valence-corrected chi connectivity index (χ2v) is 6.49. The topological polar surface area (TPSA) is 59.6 Å². The van der Waals surface area contributed by atoms with Crippen LogP contribution in [0.4, 0.5) is 5.69 Å². The van der Waals surface area contributed by atoms with E-state index in [1.54, 1.807) is 7.11 Å². The van der Waals surface area contributed by atoms with Crippen LogP contribution in [0.3, 0.4) is 0 Å². The average Bonchev–Trinajstić information content (AvgIpc) is 2.90. The van der Waals surface area contributed by atoms with Crippen LogP contribution in [0.15, 0.2) is 53.5 Å². The van der Waals surface area contributed by atoms with Crippen molar-refractivity contribution in [1.82, 2.24) is 0 Å². The van der Waals surface area contributed by atoms with E-state index in [9.17, 15) is 0 Å². The molecule has 0 saturated carbocycles. The van der Waals surface area contributed by atoms with Crippen LogP contribution in [0.25, 0.3) is 0 Å². The van der Waals surface area contributed by atoms with Crippen molar-refractivity contribution in [3.05, 3.63) is 59.7 Å². The third-order valence-electron chi connectivity index (χ3n) is 4.35. The molecular formula is C19H23N3O. The second kappa shape index (κ2) is 6.32. The van der Waals surface area contributed by atoms with E-state index in [1.165, 1.54) is 11.1 Å². The number of fused-ring (bicyclic) bond motifs is 1. The molecule has 3 N–H and O–H groups in total. The molecule has 0 radical (unpaired) electrons. The molecule has 0 aliphatic heterocycles. The number of nitrogens with zero attached hydrogens (tertiary/aromatic N) is 1. The van der Waals surface area contributed by atoms with Gasteiger partial charge in [0.1, 0.15) is 5.75 Å². The summed E-state index contributed by atoms with van der Waals surface area (Å²) in [6.45, 7) is 2.99. The minimum atomic E-state index is 0.149. The molecule has 4 heteroatoms. The number of nitrogens with one attached hydrogen (secondary N) is 1. The molecule has 2 aromatic carbocycles. The molecule has 0 heterocycles. The molecule has 0 bridgehead atoms. The van der Waals surface area contributed by atoms with Crippen LogP contribution in [0.1, 0.15) is 18.1 Å². The van der Waals surface area contributed by atoms with Gasteiger partial charge in [-0.05, 0) is 53.6 Å². The Morgan fingerprint density at radius 1 is 1.13 bits per heavy atom. The molecule has 23 heavy (non-hydrogen) atoms. The van der Waals surface area contributed by atoms with E-state index in [0.29, 0.717) is 5.96 Å². The first kappa shape index (κ1) is 15.4. The molecule has 0 unspecified atom stereocenters. The Balaban J connectivity index is 1.61. The Kier molecular flexibility index (Phi) is 4.24. The Morgan fingerprint density at radius 2 is 1.74 bits per heavy atom. The van der Waals surface area contributed by atoms with Crippen LogP contribution in [0.5, 0.6) is 5.75 Å². The van der Waals surface area contributed by atoms with Gasteiger partial charge in [0, 0.05) is 12.2 Å². The Labute approximate surface area is 137 Å². The van der Waals surface area contributed by atoms with E-state index >= 15 is 0 Å². The summed E-state index contributed by atoms with van der Waals surface area (Å²) >= 11 is 0. The van der Waals surface area contributed by atoms with Crippen molar-refractivity contribution >= 4 is 11.6 Å². The van der Waals surface area contributed by atoms with Crippen molar-refractivity contribution in [2.75, 3.05) is 19.0 Å². The largest absolute Gasteiger partial charge is 0.497 e. The summed E-state index contributed by atoms with van der Waals surface area (Å²) < 4.78 is 5.14. The highest BCUT2D eigenvalue weighted by Crippen LogP contribution is 2.36. The number of ether oxygens (including phenoxy) is 1. The van der Waals surface area contributed by atoms with Gasteiger partial charge in [-0.1, -0.05) is 31.2 Å². The smallest absolute Gasteiger partial charge is 0.193 e. The average molecular weight is 309 g/mol. The molecule has 4 nitrogen and oxygen atoms in total. The normalized spacial score (nSPS) is 16.0. The van der Waals surface area contributed by atoms with E-state index in [4.69, 9.17) is 10.5 Å². The van der Waals surface area contributed by atoms with Gasteiger partial charge in [-0.2, -0.15) is 0 Å². The van der Waals surface area contributed by atoms with E-state index in [2.05, 4.69) is 41.5 Å².